The summed E-state index contributed by atoms with van der Waals surface area (Å²) in [5.74, 6) is -0.348. The Morgan fingerprint density at radius 3 is 2.48 bits per heavy atom. The van der Waals surface area contributed by atoms with Gasteiger partial charge >= 0.3 is 0 Å². The highest BCUT2D eigenvalue weighted by Crippen LogP contribution is 2.24. The van der Waals surface area contributed by atoms with Crippen molar-refractivity contribution in [1.82, 2.24) is 9.78 Å². The number of amides is 1. The molecule has 0 saturated carbocycles. The van der Waals surface area contributed by atoms with Gasteiger partial charge in [-0.3, -0.25) is 19.6 Å². The van der Waals surface area contributed by atoms with Crippen molar-refractivity contribution in [3.8, 4) is 0 Å². The third-order valence-corrected chi connectivity index (χ3v) is 3.56. The van der Waals surface area contributed by atoms with Crippen LogP contribution in [0.4, 0.5) is 11.4 Å². The van der Waals surface area contributed by atoms with Gasteiger partial charge in [-0.1, -0.05) is 26.8 Å². The molecule has 1 N–H and O–H groups in total. The quantitative estimate of drug-likeness (QED) is 0.695. The predicted octanol–water partition coefficient (Wildman–Crippen LogP) is 3.19. The summed E-state index contributed by atoms with van der Waals surface area (Å²) in [6.45, 7) is 7.83. The van der Waals surface area contributed by atoms with Crippen molar-refractivity contribution in [2.24, 2.45) is 7.05 Å². The van der Waals surface area contributed by atoms with E-state index >= 15 is 0 Å². The largest absolute Gasteiger partial charge is 0.320 e. The zero-order chi connectivity index (χ0) is 17.4. The highest BCUT2D eigenvalue weighted by Gasteiger charge is 2.22. The van der Waals surface area contributed by atoms with Gasteiger partial charge in [0.05, 0.1) is 16.3 Å². The molecule has 2 aromatic rings. The maximum Gasteiger partial charge on any atom is 0.273 e. The van der Waals surface area contributed by atoms with E-state index in [-0.39, 0.29) is 17.0 Å². The van der Waals surface area contributed by atoms with Gasteiger partial charge in [0.2, 0.25) is 0 Å². The molecule has 1 aromatic carbocycles. The van der Waals surface area contributed by atoms with Crippen molar-refractivity contribution >= 4 is 17.3 Å². The van der Waals surface area contributed by atoms with Gasteiger partial charge in [-0.05, 0) is 18.6 Å². The molecular weight excluding hydrogens is 296 g/mol. The topological polar surface area (TPSA) is 90.1 Å². The first-order valence-electron chi connectivity index (χ1n) is 7.20. The maximum atomic E-state index is 12.5. The summed E-state index contributed by atoms with van der Waals surface area (Å²) >= 11 is 0. The Morgan fingerprint density at radius 1 is 1.30 bits per heavy atom. The first-order valence-corrected chi connectivity index (χ1v) is 7.20. The monoisotopic (exact) mass is 316 g/mol. The van der Waals surface area contributed by atoms with Crippen LogP contribution >= 0.6 is 0 Å². The fourth-order valence-electron chi connectivity index (χ4n) is 2.09. The molecule has 0 atom stereocenters. The summed E-state index contributed by atoms with van der Waals surface area (Å²) in [7, 11) is 1.70. The first kappa shape index (κ1) is 16.7. The fourth-order valence-corrected chi connectivity index (χ4v) is 2.09. The summed E-state index contributed by atoms with van der Waals surface area (Å²) in [6, 6.07) is 6.11. The Labute approximate surface area is 134 Å². The molecule has 0 bridgehead atoms. The smallest absolute Gasteiger partial charge is 0.273 e. The lowest BCUT2D eigenvalue weighted by atomic mass is 9.92. The van der Waals surface area contributed by atoms with Crippen LogP contribution in [0.15, 0.2) is 24.3 Å². The van der Waals surface area contributed by atoms with Crippen molar-refractivity contribution in [3.63, 3.8) is 0 Å². The molecule has 1 aromatic heterocycles. The Kier molecular flexibility index (Phi) is 4.22. The van der Waals surface area contributed by atoms with Gasteiger partial charge in [-0.25, -0.2) is 0 Å². The number of nitrogens with zero attached hydrogens (tertiary/aromatic N) is 3. The molecule has 7 nitrogen and oxygen atoms in total. The van der Waals surface area contributed by atoms with E-state index in [1.54, 1.807) is 26.1 Å². The summed E-state index contributed by atoms with van der Waals surface area (Å²) in [5, 5.41) is 18.0. The molecule has 0 aliphatic rings. The highest BCUT2D eigenvalue weighted by atomic mass is 16.6. The van der Waals surface area contributed by atoms with E-state index in [4.69, 9.17) is 0 Å². The zero-order valence-corrected chi connectivity index (χ0v) is 13.9. The molecule has 0 fully saturated rings. The number of aryl methyl sites for hydroxylation is 2. The minimum absolute atomic E-state index is 0.0636. The Balaban J connectivity index is 2.31. The number of carbonyl (C=O) groups excluding carboxylic acids is 1. The number of rotatable bonds is 3. The van der Waals surface area contributed by atoms with Gasteiger partial charge in [-0.15, -0.1) is 0 Å². The molecule has 0 aliphatic heterocycles. The van der Waals surface area contributed by atoms with Crippen LogP contribution in [0.5, 0.6) is 0 Å². The van der Waals surface area contributed by atoms with Crippen molar-refractivity contribution in [3.05, 3.63) is 51.3 Å². The van der Waals surface area contributed by atoms with Crippen LogP contribution in [0.25, 0.3) is 0 Å². The second-order valence-corrected chi connectivity index (χ2v) is 6.50. The zero-order valence-electron chi connectivity index (χ0n) is 13.9. The van der Waals surface area contributed by atoms with Crippen LogP contribution in [-0.4, -0.2) is 20.6 Å². The van der Waals surface area contributed by atoms with E-state index in [1.165, 1.54) is 16.8 Å². The number of hydrogen-bond acceptors (Lipinski definition) is 4. The number of anilines is 1. The highest BCUT2D eigenvalue weighted by molar-refractivity contribution is 6.03. The number of nitrogens with one attached hydrogen (secondary N) is 1. The van der Waals surface area contributed by atoms with Gasteiger partial charge < -0.3 is 5.32 Å². The van der Waals surface area contributed by atoms with E-state index in [9.17, 15) is 14.9 Å². The molecule has 7 heteroatoms. The van der Waals surface area contributed by atoms with E-state index in [0.717, 1.165) is 11.3 Å². The molecular formula is C16H20N4O3. The molecule has 0 radical (unpaired) electrons. The lowest BCUT2D eigenvalue weighted by molar-refractivity contribution is -0.384. The Morgan fingerprint density at radius 2 is 1.96 bits per heavy atom. The SMILES string of the molecule is Cc1ccc([N+](=O)[O-])cc1NC(=O)c1cc(C(C)(C)C)nn1C. The van der Waals surface area contributed by atoms with Gasteiger partial charge in [-0.2, -0.15) is 5.10 Å². The molecule has 0 saturated heterocycles. The van der Waals surface area contributed by atoms with Crippen LogP contribution in [0, 0.1) is 17.0 Å². The molecule has 0 unspecified atom stereocenters. The van der Waals surface area contributed by atoms with Crippen LogP contribution in [-0.2, 0) is 12.5 Å². The summed E-state index contributed by atoms with van der Waals surface area (Å²) < 4.78 is 1.52. The maximum absolute atomic E-state index is 12.5. The minimum atomic E-state index is -0.489. The van der Waals surface area contributed by atoms with Crippen LogP contribution in [0.1, 0.15) is 42.5 Å². The standard InChI is InChI=1S/C16H20N4O3/c1-10-6-7-11(20(22)23)8-12(10)17-15(21)13-9-14(16(2,3)4)18-19(13)5/h6-9H,1-5H3,(H,17,21). The predicted molar refractivity (Wildman–Crippen MR) is 87.7 cm³/mol. The lowest BCUT2D eigenvalue weighted by Crippen LogP contribution is -2.16. The number of hydrogen-bond donors (Lipinski definition) is 1. The summed E-state index contributed by atoms with van der Waals surface area (Å²) in [4.78, 5) is 22.8. The second kappa shape index (κ2) is 5.83. The van der Waals surface area contributed by atoms with E-state index < -0.39 is 4.92 Å². The summed E-state index contributed by atoms with van der Waals surface area (Å²) in [5.41, 5.74) is 2.15. The van der Waals surface area contributed by atoms with Crippen molar-refractivity contribution in [2.75, 3.05) is 5.32 Å². The molecule has 0 aliphatic carbocycles. The number of benzene rings is 1. The van der Waals surface area contributed by atoms with Gasteiger partial charge in [0, 0.05) is 24.6 Å². The number of carbonyl (C=O) groups is 1. The lowest BCUT2D eigenvalue weighted by Gasteiger charge is -2.13. The molecule has 1 heterocycles. The van der Waals surface area contributed by atoms with Crippen LogP contribution in [0.3, 0.4) is 0 Å². The van der Waals surface area contributed by atoms with Gasteiger partial charge in [0.25, 0.3) is 11.6 Å². The van der Waals surface area contributed by atoms with Crippen molar-refractivity contribution in [2.45, 2.75) is 33.1 Å². The molecule has 23 heavy (non-hydrogen) atoms. The average molecular weight is 316 g/mol. The number of non-ortho nitro benzene ring substituents is 1. The number of nitro groups is 1. The summed E-state index contributed by atoms with van der Waals surface area (Å²) in [6.07, 6.45) is 0. The van der Waals surface area contributed by atoms with Crippen molar-refractivity contribution < 1.29 is 9.72 Å². The molecule has 122 valence electrons. The van der Waals surface area contributed by atoms with E-state index in [0.29, 0.717) is 11.4 Å². The first-order chi connectivity index (χ1) is 10.6. The second-order valence-electron chi connectivity index (χ2n) is 6.50. The molecule has 2 rings (SSSR count). The molecule has 0 spiro atoms. The number of aromatic nitrogens is 2. The number of nitro benzene ring substituents is 1. The fraction of sp³-hybridized carbons (Fsp3) is 0.375. The minimum Gasteiger partial charge on any atom is -0.320 e. The third-order valence-electron chi connectivity index (χ3n) is 3.56. The third kappa shape index (κ3) is 3.56. The average Bonchev–Trinajstić information content (AvgIpc) is 2.83. The molecule has 1 amide bonds. The van der Waals surface area contributed by atoms with E-state index in [2.05, 4.69) is 10.4 Å². The van der Waals surface area contributed by atoms with Crippen molar-refractivity contribution in [1.29, 1.82) is 0 Å². The Bertz CT molecular complexity index is 772. The van der Waals surface area contributed by atoms with E-state index in [1.807, 2.05) is 20.8 Å². The van der Waals surface area contributed by atoms with Gasteiger partial charge in [0.1, 0.15) is 5.69 Å². The van der Waals surface area contributed by atoms with Crippen LogP contribution < -0.4 is 5.32 Å². The normalized spacial score (nSPS) is 11.3. The Hall–Kier alpha value is -2.70. The van der Waals surface area contributed by atoms with Crippen LogP contribution in [0.2, 0.25) is 0 Å². The van der Waals surface area contributed by atoms with Gasteiger partial charge in [0.15, 0.2) is 0 Å².